The fraction of sp³-hybridized carbons (Fsp3) is 0.250. The summed E-state index contributed by atoms with van der Waals surface area (Å²) >= 11 is 0. The minimum Gasteiger partial charge on any atom is -0.504 e. The van der Waals surface area contributed by atoms with Crippen LogP contribution in [0.15, 0.2) is 24.3 Å². The summed E-state index contributed by atoms with van der Waals surface area (Å²) in [5.74, 6) is -0.245. The molecule has 0 fully saturated rings. The van der Waals surface area contributed by atoms with Crippen molar-refractivity contribution in [3.63, 3.8) is 0 Å². The van der Waals surface area contributed by atoms with Crippen LogP contribution in [0.2, 0.25) is 0 Å². The smallest absolute Gasteiger partial charge is 0.200 e. The topological polar surface area (TPSA) is 90.2 Å². The SMILES string of the molecule is Oc1cc2c(cc1O)C1c3ccc(O)c(O)c3OCC1C2. The molecule has 108 valence electrons. The number of hydrogen-bond donors (Lipinski definition) is 4. The number of hydrogen-bond acceptors (Lipinski definition) is 5. The van der Waals surface area contributed by atoms with Crippen molar-refractivity contribution in [2.75, 3.05) is 6.61 Å². The first-order valence-corrected chi connectivity index (χ1v) is 6.78. The van der Waals surface area contributed by atoms with Crippen molar-refractivity contribution in [3.8, 4) is 28.7 Å². The molecule has 5 nitrogen and oxygen atoms in total. The Kier molecular flexibility index (Phi) is 2.31. The summed E-state index contributed by atoms with van der Waals surface area (Å²) in [6.45, 7) is 0.422. The average molecular weight is 286 g/mol. The number of phenols is 4. The summed E-state index contributed by atoms with van der Waals surface area (Å²) in [5.41, 5.74) is 2.71. The van der Waals surface area contributed by atoms with Gasteiger partial charge in [-0.25, -0.2) is 0 Å². The van der Waals surface area contributed by atoms with Gasteiger partial charge >= 0.3 is 0 Å². The van der Waals surface area contributed by atoms with Crippen molar-refractivity contribution in [3.05, 3.63) is 41.0 Å². The van der Waals surface area contributed by atoms with E-state index >= 15 is 0 Å². The van der Waals surface area contributed by atoms with Crippen LogP contribution in [0.3, 0.4) is 0 Å². The van der Waals surface area contributed by atoms with E-state index in [1.165, 1.54) is 6.07 Å². The van der Waals surface area contributed by atoms with E-state index in [1.807, 2.05) is 0 Å². The van der Waals surface area contributed by atoms with Crippen LogP contribution in [0.1, 0.15) is 22.6 Å². The van der Waals surface area contributed by atoms with E-state index in [0.29, 0.717) is 12.4 Å². The third kappa shape index (κ3) is 1.57. The molecule has 0 spiro atoms. The fourth-order valence-corrected chi connectivity index (χ4v) is 3.50. The van der Waals surface area contributed by atoms with E-state index in [2.05, 4.69) is 0 Å². The highest BCUT2D eigenvalue weighted by atomic mass is 16.5. The van der Waals surface area contributed by atoms with Gasteiger partial charge in [0, 0.05) is 17.4 Å². The molecule has 4 N–H and O–H groups in total. The molecule has 1 aliphatic carbocycles. The van der Waals surface area contributed by atoms with Crippen LogP contribution < -0.4 is 4.74 Å². The van der Waals surface area contributed by atoms with E-state index in [-0.39, 0.29) is 34.8 Å². The van der Waals surface area contributed by atoms with Crippen LogP contribution in [-0.4, -0.2) is 27.0 Å². The third-order valence-electron chi connectivity index (χ3n) is 4.44. The quantitative estimate of drug-likeness (QED) is 0.557. The highest BCUT2D eigenvalue weighted by molar-refractivity contribution is 5.61. The highest BCUT2D eigenvalue weighted by Crippen LogP contribution is 2.53. The van der Waals surface area contributed by atoms with Crippen molar-refractivity contribution < 1.29 is 25.2 Å². The van der Waals surface area contributed by atoms with Gasteiger partial charge in [-0.3, -0.25) is 0 Å². The summed E-state index contributed by atoms with van der Waals surface area (Å²) in [5, 5.41) is 38.9. The lowest BCUT2D eigenvalue weighted by molar-refractivity contribution is 0.204. The van der Waals surface area contributed by atoms with Gasteiger partial charge in [0.15, 0.2) is 23.0 Å². The second kappa shape index (κ2) is 3.97. The van der Waals surface area contributed by atoms with Gasteiger partial charge in [0.2, 0.25) is 5.75 Å². The Balaban J connectivity index is 1.92. The van der Waals surface area contributed by atoms with E-state index < -0.39 is 0 Å². The fourth-order valence-electron chi connectivity index (χ4n) is 3.50. The van der Waals surface area contributed by atoms with Crippen LogP contribution >= 0.6 is 0 Å². The lowest BCUT2D eigenvalue weighted by Crippen LogP contribution is -2.23. The molecule has 0 radical (unpaired) electrons. The molecule has 5 heteroatoms. The van der Waals surface area contributed by atoms with E-state index in [0.717, 1.165) is 23.1 Å². The maximum atomic E-state index is 9.95. The number of phenolic OH excluding ortho intramolecular Hbond substituents is 4. The van der Waals surface area contributed by atoms with Gasteiger partial charge in [-0.05, 0) is 35.7 Å². The predicted octanol–water partition coefficient (Wildman–Crippen LogP) is 2.21. The molecule has 21 heavy (non-hydrogen) atoms. The first kappa shape index (κ1) is 12.2. The lowest BCUT2D eigenvalue weighted by Gasteiger charge is -2.29. The Bertz CT molecular complexity index is 753. The zero-order valence-corrected chi connectivity index (χ0v) is 11.1. The first-order chi connectivity index (χ1) is 10.1. The summed E-state index contributed by atoms with van der Waals surface area (Å²) in [6, 6.07) is 6.34. The number of rotatable bonds is 0. The Morgan fingerprint density at radius 3 is 2.48 bits per heavy atom. The van der Waals surface area contributed by atoms with Crippen LogP contribution in [-0.2, 0) is 6.42 Å². The molecule has 4 rings (SSSR count). The minimum atomic E-state index is -0.248. The monoisotopic (exact) mass is 286 g/mol. The lowest BCUT2D eigenvalue weighted by atomic mass is 9.83. The largest absolute Gasteiger partial charge is 0.504 e. The first-order valence-electron chi connectivity index (χ1n) is 6.78. The summed E-state index contributed by atoms with van der Waals surface area (Å²) in [4.78, 5) is 0. The average Bonchev–Trinajstić information content (AvgIpc) is 2.81. The Morgan fingerprint density at radius 2 is 1.67 bits per heavy atom. The van der Waals surface area contributed by atoms with E-state index in [9.17, 15) is 20.4 Å². The van der Waals surface area contributed by atoms with E-state index in [1.54, 1.807) is 18.2 Å². The van der Waals surface area contributed by atoms with Gasteiger partial charge < -0.3 is 25.2 Å². The van der Waals surface area contributed by atoms with Gasteiger partial charge in [0.1, 0.15) is 0 Å². The second-order valence-corrected chi connectivity index (χ2v) is 5.64. The van der Waals surface area contributed by atoms with Crippen molar-refractivity contribution in [1.82, 2.24) is 0 Å². The van der Waals surface area contributed by atoms with Crippen molar-refractivity contribution in [2.24, 2.45) is 5.92 Å². The molecule has 0 saturated carbocycles. The summed E-state index contributed by atoms with van der Waals surface area (Å²) in [6.07, 6.45) is 0.745. The number of ether oxygens (including phenoxy) is 1. The molecule has 2 atom stereocenters. The van der Waals surface area contributed by atoms with E-state index in [4.69, 9.17) is 4.74 Å². The molecule has 0 saturated heterocycles. The number of benzene rings is 2. The zero-order valence-electron chi connectivity index (χ0n) is 11.1. The molecule has 2 aromatic carbocycles. The van der Waals surface area contributed by atoms with Gasteiger partial charge in [-0.2, -0.15) is 0 Å². The molecule has 0 amide bonds. The van der Waals surface area contributed by atoms with Crippen molar-refractivity contribution in [2.45, 2.75) is 12.3 Å². The highest BCUT2D eigenvalue weighted by Gasteiger charge is 2.40. The van der Waals surface area contributed by atoms with Crippen LogP contribution in [0.4, 0.5) is 0 Å². The minimum absolute atomic E-state index is 0.0123. The third-order valence-corrected chi connectivity index (χ3v) is 4.44. The maximum absolute atomic E-state index is 9.95. The normalized spacial score (nSPS) is 22.1. The maximum Gasteiger partial charge on any atom is 0.200 e. The Hall–Kier alpha value is -2.56. The van der Waals surface area contributed by atoms with Crippen LogP contribution in [0.5, 0.6) is 28.7 Å². The Labute approximate surface area is 120 Å². The van der Waals surface area contributed by atoms with Crippen LogP contribution in [0, 0.1) is 5.92 Å². The molecule has 0 bridgehead atoms. The second-order valence-electron chi connectivity index (χ2n) is 5.64. The standard InChI is InChI=1S/C16H14O5/c17-11-2-1-9-14-8(6-21-16(9)15(11)20)3-7-4-12(18)13(19)5-10(7)14/h1-2,4-5,8,14,17-20H,3,6H2. The van der Waals surface area contributed by atoms with Gasteiger partial charge in [0.25, 0.3) is 0 Å². The Morgan fingerprint density at radius 1 is 0.905 bits per heavy atom. The van der Waals surface area contributed by atoms with Gasteiger partial charge in [0.05, 0.1) is 6.61 Å². The summed E-state index contributed by atoms with van der Waals surface area (Å²) < 4.78 is 5.61. The number of aromatic hydroxyl groups is 4. The van der Waals surface area contributed by atoms with Crippen molar-refractivity contribution in [1.29, 1.82) is 0 Å². The van der Waals surface area contributed by atoms with Crippen LogP contribution in [0.25, 0.3) is 0 Å². The molecule has 2 aromatic rings. The molecule has 1 aliphatic heterocycles. The number of fused-ring (bicyclic) bond motifs is 5. The molecule has 1 heterocycles. The van der Waals surface area contributed by atoms with Gasteiger partial charge in [-0.15, -0.1) is 0 Å². The molecule has 2 unspecified atom stereocenters. The van der Waals surface area contributed by atoms with Gasteiger partial charge in [-0.1, -0.05) is 6.07 Å². The molecular weight excluding hydrogens is 272 g/mol. The zero-order chi connectivity index (χ0) is 14.7. The molecule has 0 aromatic heterocycles. The summed E-state index contributed by atoms with van der Waals surface area (Å²) in [7, 11) is 0. The molecule has 2 aliphatic rings. The molecular formula is C16H14O5. The van der Waals surface area contributed by atoms with Crippen molar-refractivity contribution >= 4 is 0 Å². The predicted molar refractivity (Wildman–Crippen MR) is 74.1 cm³/mol.